The number of nitrogens with zero attached hydrogens (tertiary/aromatic N) is 4. The van der Waals surface area contributed by atoms with E-state index in [4.69, 9.17) is 14.5 Å². The van der Waals surface area contributed by atoms with Gasteiger partial charge in [-0.3, -0.25) is 4.90 Å². The second-order valence-corrected chi connectivity index (χ2v) is 7.99. The molecule has 3 fully saturated rings. The van der Waals surface area contributed by atoms with E-state index < -0.39 is 0 Å². The first-order valence-corrected chi connectivity index (χ1v) is 9.36. The van der Waals surface area contributed by atoms with Gasteiger partial charge in [-0.15, -0.1) is 0 Å². The topological polar surface area (TPSA) is 41.1 Å². The van der Waals surface area contributed by atoms with Gasteiger partial charge in [0.2, 0.25) is 0 Å². The standard InChI is InChI=1S/C19H30N4O2/c1-21-5-7-22(8-6-21)10-16-3-4-18(20-9-16)23-11-17-12-25-15-19(17,13-23)14-24-2/h3-4,9,17H,5-8,10-15H2,1-2H3/t17-,19-/m0/s1. The Morgan fingerprint density at radius 1 is 1.28 bits per heavy atom. The highest BCUT2D eigenvalue weighted by atomic mass is 16.5. The number of hydrogen-bond donors (Lipinski definition) is 0. The highest BCUT2D eigenvalue weighted by molar-refractivity contribution is 5.42. The third-order valence-electron chi connectivity index (χ3n) is 6.09. The quantitative estimate of drug-likeness (QED) is 0.790. The van der Waals surface area contributed by atoms with E-state index >= 15 is 0 Å². The first-order chi connectivity index (χ1) is 12.2. The number of rotatable bonds is 5. The van der Waals surface area contributed by atoms with E-state index in [2.05, 4.69) is 40.1 Å². The Bertz CT molecular complexity index is 573. The molecule has 2 atom stereocenters. The van der Waals surface area contributed by atoms with Gasteiger partial charge in [-0.1, -0.05) is 6.07 Å². The van der Waals surface area contributed by atoms with Crippen molar-refractivity contribution in [2.45, 2.75) is 6.54 Å². The lowest BCUT2D eigenvalue weighted by Gasteiger charge is -2.32. The number of piperazine rings is 1. The molecule has 138 valence electrons. The second-order valence-electron chi connectivity index (χ2n) is 7.99. The summed E-state index contributed by atoms with van der Waals surface area (Å²) in [6.45, 7) is 10.0. The zero-order chi connectivity index (χ0) is 17.3. The van der Waals surface area contributed by atoms with Crippen LogP contribution in [-0.2, 0) is 16.0 Å². The van der Waals surface area contributed by atoms with Crippen molar-refractivity contribution in [1.29, 1.82) is 0 Å². The largest absolute Gasteiger partial charge is 0.384 e. The minimum absolute atomic E-state index is 0.148. The maximum atomic E-state index is 5.73. The Morgan fingerprint density at radius 3 is 2.84 bits per heavy atom. The van der Waals surface area contributed by atoms with Gasteiger partial charge in [0.05, 0.1) is 19.8 Å². The molecule has 3 saturated heterocycles. The summed E-state index contributed by atoms with van der Waals surface area (Å²) in [5.74, 6) is 1.64. The number of likely N-dealkylation sites (N-methyl/N-ethyl adjacent to an activating group) is 1. The summed E-state index contributed by atoms with van der Waals surface area (Å²) in [7, 11) is 3.98. The molecule has 0 N–H and O–H groups in total. The first kappa shape index (κ1) is 17.2. The number of hydrogen-bond acceptors (Lipinski definition) is 6. The molecule has 0 aliphatic carbocycles. The van der Waals surface area contributed by atoms with E-state index in [1.165, 1.54) is 5.56 Å². The first-order valence-electron chi connectivity index (χ1n) is 9.36. The maximum Gasteiger partial charge on any atom is 0.128 e. The van der Waals surface area contributed by atoms with Crippen molar-refractivity contribution in [3.63, 3.8) is 0 Å². The van der Waals surface area contributed by atoms with Crippen molar-refractivity contribution in [3.8, 4) is 0 Å². The lowest BCUT2D eigenvalue weighted by molar-refractivity contribution is 0.0660. The van der Waals surface area contributed by atoms with Gasteiger partial charge in [0.25, 0.3) is 0 Å². The Kier molecular flexibility index (Phi) is 4.95. The van der Waals surface area contributed by atoms with Crippen LogP contribution in [0, 0.1) is 11.3 Å². The Labute approximate surface area is 150 Å². The smallest absolute Gasteiger partial charge is 0.128 e. The lowest BCUT2D eigenvalue weighted by Crippen LogP contribution is -2.43. The number of aromatic nitrogens is 1. The third kappa shape index (κ3) is 3.53. The van der Waals surface area contributed by atoms with Crippen LogP contribution in [0.2, 0.25) is 0 Å². The van der Waals surface area contributed by atoms with Crippen molar-refractivity contribution >= 4 is 5.82 Å². The molecule has 0 saturated carbocycles. The van der Waals surface area contributed by atoms with Gasteiger partial charge in [0.15, 0.2) is 0 Å². The molecule has 0 unspecified atom stereocenters. The van der Waals surface area contributed by atoms with Gasteiger partial charge < -0.3 is 19.3 Å². The summed E-state index contributed by atoms with van der Waals surface area (Å²) < 4.78 is 11.2. The summed E-state index contributed by atoms with van der Waals surface area (Å²) in [6.07, 6.45) is 2.06. The van der Waals surface area contributed by atoms with Gasteiger partial charge >= 0.3 is 0 Å². The van der Waals surface area contributed by atoms with Gasteiger partial charge in [-0.25, -0.2) is 4.98 Å². The number of ether oxygens (including phenoxy) is 2. The van der Waals surface area contributed by atoms with E-state index in [0.29, 0.717) is 5.92 Å². The van der Waals surface area contributed by atoms with Crippen LogP contribution in [0.15, 0.2) is 18.3 Å². The minimum Gasteiger partial charge on any atom is -0.384 e. The van der Waals surface area contributed by atoms with E-state index in [1.807, 2.05) is 0 Å². The SMILES string of the molecule is COC[C@@]12COC[C@@H]1CN(c1ccc(CN3CCN(C)CC3)cn1)C2. The number of anilines is 1. The summed E-state index contributed by atoms with van der Waals surface area (Å²) in [5, 5.41) is 0. The fourth-order valence-electron chi connectivity index (χ4n) is 4.46. The molecule has 3 aliphatic rings. The molecule has 1 aromatic rings. The van der Waals surface area contributed by atoms with Gasteiger partial charge in [-0.05, 0) is 18.7 Å². The van der Waals surface area contributed by atoms with E-state index in [-0.39, 0.29) is 5.41 Å². The molecule has 6 heteroatoms. The predicted molar refractivity (Wildman–Crippen MR) is 97.8 cm³/mol. The van der Waals surface area contributed by atoms with Crippen LogP contribution in [0.3, 0.4) is 0 Å². The van der Waals surface area contributed by atoms with Crippen molar-refractivity contribution < 1.29 is 9.47 Å². The fourth-order valence-corrected chi connectivity index (χ4v) is 4.46. The minimum atomic E-state index is 0.148. The highest BCUT2D eigenvalue weighted by Crippen LogP contribution is 2.42. The zero-order valence-electron chi connectivity index (χ0n) is 15.5. The normalized spacial score (nSPS) is 30.8. The molecule has 1 aromatic heterocycles. The molecule has 0 aromatic carbocycles. The van der Waals surface area contributed by atoms with Crippen LogP contribution < -0.4 is 4.90 Å². The Hall–Kier alpha value is -1.21. The molecular weight excluding hydrogens is 316 g/mol. The molecule has 4 rings (SSSR count). The van der Waals surface area contributed by atoms with Crippen LogP contribution in [0.1, 0.15) is 5.56 Å². The summed E-state index contributed by atoms with van der Waals surface area (Å²) in [6, 6.07) is 4.43. The van der Waals surface area contributed by atoms with Gasteiger partial charge in [-0.2, -0.15) is 0 Å². The molecule has 0 bridgehead atoms. The molecule has 6 nitrogen and oxygen atoms in total. The lowest BCUT2D eigenvalue weighted by atomic mass is 9.82. The molecular formula is C19H30N4O2. The average molecular weight is 346 g/mol. The maximum absolute atomic E-state index is 5.73. The zero-order valence-corrected chi connectivity index (χ0v) is 15.5. The Morgan fingerprint density at radius 2 is 2.12 bits per heavy atom. The summed E-state index contributed by atoms with van der Waals surface area (Å²) in [4.78, 5) is 12.1. The van der Waals surface area contributed by atoms with Gasteiger partial charge in [0.1, 0.15) is 5.82 Å². The van der Waals surface area contributed by atoms with E-state index in [9.17, 15) is 0 Å². The highest BCUT2D eigenvalue weighted by Gasteiger charge is 2.51. The summed E-state index contributed by atoms with van der Waals surface area (Å²) >= 11 is 0. The number of fused-ring (bicyclic) bond motifs is 1. The Balaban J connectivity index is 1.38. The van der Waals surface area contributed by atoms with Crippen LogP contribution >= 0.6 is 0 Å². The monoisotopic (exact) mass is 346 g/mol. The predicted octanol–water partition coefficient (Wildman–Crippen LogP) is 0.928. The van der Waals surface area contributed by atoms with Crippen molar-refractivity contribution in [1.82, 2.24) is 14.8 Å². The van der Waals surface area contributed by atoms with Gasteiger partial charge in [0, 0.05) is 70.5 Å². The number of methoxy groups -OCH3 is 1. The van der Waals surface area contributed by atoms with E-state index in [0.717, 1.165) is 71.5 Å². The molecule has 25 heavy (non-hydrogen) atoms. The summed E-state index contributed by atoms with van der Waals surface area (Å²) in [5.41, 5.74) is 1.46. The van der Waals surface area contributed by atoms with Crippen LogP contribution in [-0.4, -0.2) is 88.0 Å². The molecule has 0 radical (unpaired) electrons. The molecule has 0 amide bonds. The molecule has 4 heterocycles. The average Bonchev–Trinajstić information content (AvgIpc) is 3.15. The third-order valence-corrected chi connectivity index (χ3v) is 6.09. The molecule has 0 spiro atoms. The van der Waals surface area contributed by atoms with Crippen molar-refractivity contribution in [3.05, 3.63) is 23.9 Å². The van der Waals surface area contributed by atoms with Crippen molar-refractivity contribution in [2.24, 2.45) is 11.3 Å². The van der Waals surface area contributed by atoms with E-state index in [1.54, 1.807) is 7.11 Å². The van der Waals surface area contributed by atoms with Crippen LogP contribution in [0.5, 0.6) is 0 Å². The van der Waals surface area contributed by atoms with Crippen LogP contribution in [0.4, 0.5) is 5.82 Å². The number of pyridine rings is 1. The second kappa shape index (κ2) is 7.19. The van der Waals surface area contributed by atoms with Crippen LogP contribution in [0.25, 0.3) is 0 Å². The van der Waals surface area contributed by atoms with Crippen molar-refractivity contribution in [2.75, 3.05) is 78.1 Å². The fraction of sp³-hybridized carbons (Fsp3) is 0.737. The molecule has 3 aliphatic heterocycles.